The SMILES string of the molecule is Fc1ccc(Br)cc1-c1nnc2sc(-c3[nH]ncc3Br)nn12. The van der Waals surface area contributed by atoms with Crippen molar-refractivity contribution in [2.45, 2.75) is 0 Å². The molecule has 0 atom stereocenters. The summed E-state index contributed by atoms with van der Waals surface area (Å²) in [6.07, 6.45) is 1.65. The lowest BCUT2D eigenvalue weighted by molar-refractivity contribution is 0.629. The van der Waals surface area contributed by atoms with Gasteiger partial charge in [-0.2, -0.15) is 14.7 Å². The topological polar surface area (TPSA) is 71.8 Å². The van der Waals surface area contributed by atoms with Crippen molar-refractivity contribution in [1.82, 2.24) is 30.0 Å². The van der Waals surface area contributed by atoms with E-state index in [9.17, 15) is 4.39 Å². The van der Waals surface area contributed by atoms with Gasteiger partial charge in [0, 0.05) is 4.47 Å². The van der Waals surface area contributed by atoms with Crippen molar-refractivity contribution in [3.63, 3.8) is 0 Å². The van der Waals surface area contributed by atoms with Crippen LogP contribution in [0.4, 0.5) is 4.39 Å². The Hall–Kier alpha value is -1.65. The van der Waals surface area contributed by atoms with Crippen molar-refractivity contribution >= 4 is 48.2 Å². The zero-order chi connectivity index (χ0) is 15.3. The Morgan fingerprint density at radius 1 is 1.23 bits per heavy atom. The Morgan fingerprint density at radius 2 is 2.09 bits per heavy atom. The fourth-order valence-electron chi connectivity index (χ4n) is 1.98. The molecule has 0 saturated carbocycles. The number of nitrogens with one attached hydrogen (secondary N) is 1. The molecule has 3 aromatic heterocycles. The summed E-state index contributed by atoms with van der Waals surface area (Å²) in [5.74, 6) is -0.0262. The van der Waals surface area contributed by atoms with Gasteiger partial charge in [-0.25, -0.2) is 4.39 Å². The first kappa shape index (κ1) is 14.0. The molecule has 0 fully saturated rings. The first-order valence-corrected chi connectivity index (χ1v) is 8.40. The van der Waals surface area contributed by atoms with E-state index in [1.54, 1.807) is 18.3 Å². The summed E-state index contributed by atoms with van der Waals surface area (Å²) >= 11 is 8.06. The summed E-state index contributed by atoms with van der Waals surface area (Å²) in [4.78, 5) is 0.575. The largest absolute Gasteiger partial charge is 0.274 e. The van der Waals surface area contributed by atoms with Gasteiger partial charge in [-0.1, -0.05) is 27.3 Å². The molecule has 0 amide bonds. The van der Waals surface area contributed by atoms with Crippen LogP contribution in [0, 0.1) is 5.82 Å². The van der Waals surface area contributed by atoms with Crippen molar-refractivity contribution in [2.24, 2.45) is 0 Å². The number of H-pyrrole nitrogens is 1. The first-order valence-electron chi connectivity index (χ1n) is 6.00. The van der Waals surface area contributed by atoms with Crippen molar-refractivity contribution in [3.8, 4) is 22.1 Å². The van der Waals surface area contributed by atoms with E-state index in [1.807, 2.05) is 0 Å². The third-order valence-electron chi connectivity index (χ3n) is 2.97. The van der Waals surface area contributed by atoms with Crippen LogP contribution < -0.4 is 0 Å². The zero-order valence-electron chi connectivity index (χ0n) is 10.6. The predicted molar refractivity (Wildman–Crippen MR) is 87.0 cm³/mol. The highest BCUT2D eigenvalue weighted by atomic mass is 79.9. The molecule has 110 valence electrons. The zero-order valence-corrected chi connectivity index (χ0v) is 14.6. The van der Waals surface area contributed by atoms with Crippen LogP contribution in [0.15, 0.2) is 33.3 Å². The molecule has 3 heterocycles. The van der Waals surface area contributed by atoms with Crippen LogP contribution in [0.3, 0.4) is 0 Å². The van der Waals surface area contributed by atoms with Crippen LogP contribution in [0.25, 0.3) is 27.1 Å². The summed E-state index contributed by atoms with van der Waals surface area (Å²) in [6, 6.07) is 4.65. The second-order valence-corrected chi connectivity index (χ2v) is 7.07. The van der Waals surface area contributed by atoms with E-state index in [0.29, 0.717) is 21.4 Å². The van der Waals surface area contributed by atoms with Gasteiger partial charge >= 0.3 is 0 Å². The van der Waals surface area contributed by atoms with Gasteiger partial charge in [0.05, 0.1) is 16.2 Å². The number of aromatic amines is 1. The highest BCUT2D eigenvalue weighted by Gasteiger charge is 2.19. The van der Waals surface area contributed by atoms with Gasteiger partial charge in [-0.3, -0.25) is 5.10 Å². The average molecular weight is 444 g/mol. The molecule has 22 heavy (non-hydrogen) atoms. The van der Waals surface area contributed by atoms with E-state index in [2.05, 4.69) is 57.4 Å². The number of hydrogen-bond donors (Lipinski definition) is 1. The van der Waals surface area contributed by atoms with E-state index in [1.165, 1.54) is 21.9 Å². The summed E-state index contributed by atoms with van der Waals surface area (Å²) < 4.78 is 17.1. The van der Waals surface area contributed by atoms with Gasteiger partial charge < -0.3 is 0 Å². The molecule has 0 saturated heterocycles. The smallest absolute Gasteiger partial charge is 0.235 e. The average Bonchev–Trinajstić information content (AvgIpc) is 3.16. The Bertz CT molecular complexity index is 991. The number of halogens is 3. The van der Waals surface area contributed by atoms with Gasteiger partial charge in [-0.15, -0.1) is 10.2 Å². The summed E-state index contributed by atoms with van der Waals surface area (Å²) in [5, 5.41) is 20.0. The highest BCUT2D eigenvalue weighted by Crippen LogP contribution is 2.32. The van der Waals surface area contributed by atoms with E-state index in [4.69, 9.17) is 0 Å². The monoisotopic (exact) mass is 442 g/mol. The first-order chi connectivity index (χ1) is 10.6. The third kappa shape index (κ3) is 2.18. The molecule has 4 aromatic rings. The van der Waals surface area contributed by atoms with Gasteiger partial charge in [0.1, 0.15) is 11.5 Å². The normalized spacial score (nSPS) is 11.4. The molecule has 1 N–H and O–H groups in total. The second-order valence-electron chi connectivity index (χ2n) is 4.34. The van der Waals surface area contributed by atoms with Crippen LogP contribution in [0.5, 0.6) is 0 Å². The lowest BCUT2D eigenvalue weighted by atomic mass is 10.2. The maximum Gasteiger partial charge on any atom is 0.235 e. The van der Waals surface area contributed by atoms with E-state index in [0.717, 1.165) is 14.6 Å². The standard InChI is InChI=1S/C12H5Br2FN6S/c13-5-1-2-8(15)6(3-5)10-18-19-12-21(10)20-11(22-12)9-7(14)4-16-17-9/h1-4H,(H,16,17). The minimum absolute atomic E-state index is 0.336. The summed E-state index contributed by atoms with van der Waals surface area (Å²) in [6.45, 7) is 0. The number of hydrogen-bond acceptors (Lipinski definition) is 5. The van der Waals surface area contributed by atoms with Crippen LogP contribution in [-0.4, -0.2) is 30.0 Å². The van der Waals surface area contributed by atoms with Crippen LogP contribution in [-0.2, 0) is 0 Å². The molecule has 1 aromatic carbocycles. The number of fused-ring (bicyclic) bond motifs is 1. The third-order valence-corrected chi connectivity index (χ3v) is 4.98. The molecule has 0 radical (unpaired) electrons. The molecule has 0 spiro atoms. The number of benzene rings is 1. The molecular formula is C12H5Br2FN6S. The molecule has 0 aliphatic rings. The molecule has 4 rings (SSSR count). The Kier molecular flexibility index (Phi) is 3.31. The Balaban J connectivity index is 1.91. The number of nitrogens with zero attached hydrogens (tertiary/aromatic N) is 5. The minimum atomic E-state index is -0.380. The molecule has 10 heteroatoms. The summed E-state index contributed by atoms with van der Waals surface area (Å²) in [7, 11) is 0. The maximum absolute atomic E-state index is 14.1. The second kappa shape index (κ2) is 5.21. The van der Waals surface area contributed by atoms with Crippen LogP contribution >= 0.6 is 43.2 Å². The quantitative estimate of drug-likeness (QED) is 0.509. The van der Waals surface area contributed by atoms with Gasteiger partial charge in [0.25, 0.3) is 0 Å². The highest BCUT2D eigenvalue weighted by molar-refractivity contribution is 9.10. The van der Waals surface area contributed by atoms with E-state index in [-0.39, 0.29) is 5.82 Å². The number of aromatic nitrogens is 6. The van der Waals surface area contributed by atoms with Gasteiger partial charge in [-0.05, 0) is 34.1 Å². The van der Waals surface area contributed by atoms with Crippen molar-refractivity contribution in [3.05, 3.63) is 39.2 Å². The fraction of sp³-hybridized carbons (Fsp3) is 0. The fourth-order valence-corrected chi connectivity index (χ4v) is 3.70. The predicted octanol–water partition coefficient (Wildman–Crippen LogP) is 3.91. The maximum atomic E-state index is 14.1. The Morgan fingerprint density at radius 3 is 2.86 bits per heavy atom. The summed E-state index contributed by atoms with van der Waals surface area (Å²) in [5.41, 5.74) is 1.08. The van der Waals surface area contributed by atoms with Gasteiger partial charge in [0.2, 0.25) is 4.96 Å². The van der Waals surface area contributed by atoms with Crippen LogP contribution in [0.2, 0.25) is 0 Å². The molecule has 0 aliphatic heterocycles. The lowest BCUT2D eigenvalue weighted by Gasteiger charge is -2.00. The van der Waals surface area contributed by atoms with E-state index >= 15 is 0 Å². The molecule has 0 aliphatic carbocycles. The molecular weight excluding hydrogens is 439 g/mol. The van der Waals surface area contributed by atoms with Crippen molar-refractivity contribution in [2.75, 3.05) is 0 Å². The lowest BCUT2D eigenvalue weighted by Crippen LogP contribution is -1.94. The van der Waals surface area contributed by atoms with Crippen molar-refractivity contribution in [1.29, 1.82) is 0 Å². The molecule has 0 unspecified atom stereocenters. The Labute approximate surface area is 143 Å². The van der Waals surface area contributed by atoms with Crippen LogP contribution in [0.1, 0.15) is 0 Å². The van der Waals surface area contributed by atoms with E-state index < -0.39 is 0 Å². The van der Waals surface area contributed by atoms with Crippen molar-refractivity contribution < 1.29 is 4.39 Å². The van der Waals surface area contributed by atoms with Gasteiger partial charge in [0.15, 0.2) is 10.8 Å². The molecule has 0 bridgehead atoms. The number of rotatable bonds is 2. The minimum Gasteiger partial charge on any atom is -0.274 e. The molecule has 6 nitrogen and oxygen atoms in total.